The first-order valence-electron chi connectivity index (χ1n) is 7.45. The van der Waals surface area contributed by atoms with Crippen LogP contribution < -0.4 is 11.1 Å². The van der Waals surface area contributed by atoms with Gasteiger partial charge >= 0.3 is 0 Å². The molecular formula is C18H21N3O2. The lowest BCUT2D eigenvalue weighted by molar-refractivity contribution is -0.119. The number of amides is 2. The van der Waals surface area contributed by atoms with E-state index in [4.69, 9.17) is 5.73 Å². The number of primary amides is 1. The van der Waals surface area contributed by atoms with E-state index in [1.54, 1.807) is 19.2 Å². The summed E-state index contributed by atoms with van der Waals surface area (Å²) in [6.07, 6.45) is 0. The summed E-state index contributed by atoms with van der Waals surface area (Å²) in [5.74, 6) is -0.770. The average Bonchev–Trinajstić information content (AvgIpc) is 2.59. The zero-order valence-corrected chi connectivity index (χ0v) is 13.3. The third kappa shape index (κ3) is 3.88. The molecule has 0 radical (unpaired) electrons. The third-order valence-corrected chi connectivity index (χ3v) is 3.76. The summed E-state index contributed by atoms with van der Waals surface area (Å²) >= 11 is 0. The Kier molecular flexibility index (Phi) is 5.36. The van der Waals surface area contributed by atoms with Crippen molar-refractivity contribution in [1.82, 2.24) is 4.90 Å². The molecule has 0 aliphatic heterocycles. The van der Waals surface area contributed by atoms with Crippen molar-refractivity contribution in [1.29, 1.82) is 0 Å². The molecule has 0 saturated heterocycles. The van der Waals surface area contributed by atoms with Gasteiger partial charge in [-0.05, 0) is 24.6 Å². The first kappa shape index (κ1) is 16.5. The van der Waals surface area contributed by atoms with Gasteiger partial charge in [-0.3, -0.25) is 9.59 Å². The van der Waals surface area contributed by atoms with Gasteiger partial charge in [-0.25, -0.2) is 0 Å². The lowest BCUT2D eigenvalue weighted by Gasteiger charge is -2.29. The van der Waals surface area contributed by atoms with Crippen LogP contribution in [0.25, 0.3) is 0 Å². The molecule has 120 valence electrons. The summed E-state index contributed by atoms with van der Waals surface area (Å²) in [6.45, 7) is 1.76. The number of benzene rings is 2. The zero-order chi connectivity index (χ0) is 16.8. The van der Waals surface area contributed by atoms with Crippen LogP contribution in [0.2, 0.25) is 0 Å². The molecule has 2 amide bonds. The Morgan fingerprint density at radius 3 is 2.30 bits per heavy atom. The topological polar surface area (TPSA) is 75.4 Å². The zero-order valence-electron chi connectivity index (χ0n) is 13.3. The molecular weight excluding hydrogens is 290 g/mol. The second kappa shape index (κ2) is 7.45. The predicted molar refractivity (Wildman–Crippen MR) is 91.1 cm³/mol. The molecule has 2 aromatic carbocycles. The summed E-state index contributed by atoms with van der Waals surface area (Å²) in [5.41, 5.74) is 7.52. The molecule has 0 heterocycles. The Balaban J connectivity index is 2.38. The molecule has 2 aromatic rings. The second-order valence-electron chi connectivity index (χ2n) is 5.28. The van der Waals surface area contributed by atoms with E-state index in [1.165, 1.54) is 4.90 Å². The van der Waals surface area contributed by atoms with E-state index in [9.17, 15) is 9.59 Å². The van der Waals surface area contributed by atoms with Crippen LogP contribution in [0.15, 0.2) is 54.6 Å². The number of hydrogen-bond donors (Lipinski definition) is 2. The van der Waals surface area contributed by atoms with E-state index in [0.29, 0.717) is 11.3 Å². The predicted octanol–water partition coefficient (Wildman–Crippen LogP) is 2.42. The standard InChI is InChI=1S/C18H21N3O2/c1-13(14-8-4-3-5-9-14)21(12-17(19)22)18(23)15-10-6-7-11-16(15)20-2/h3-11,13,20H,12H2,1-2H3,(H2,19,22)/t13-/m1/s1. The van der Waals surface area contributed by atoms with Crippen molar-refractivity contribution >= 4 is 17.5 Å². The van der Waals surface area contributed by atoms with Crippen molar-refractivity contribution in [2.75, 3.05) is 18.9 Å². The highest BCUT2D eigenvalue weighted by molar-refractivity contribution is 6.01. The van der Waals surface area contributed by atoms with Crippen LogP contribution in [0.4, 0.5) is 5.69 Å². The smallest absolute Gasteiger partial charge is 0.256 e. The van der Waals surface area contributed by atoms with E-state index in [0.717, 1.165) is 5.56 Å². The molecule has 0 aliphatic carbocycles. The number of nitrogens with two attached hydrogens (primary N) is 1. The van der Waals surface area contributed by atoms with Gasteiger partial charge in [-0.1, -0.05) is 42.5 Å². The molecule has 2 rings (SSSR count). The van der Waals surface area contributed by atoms with Crippen LogP contribution in [0.1, 0.15) is 28.9 Å². The van der Waals surface area contributed by atoms with Crippen molar-refractivity contribution in [3.63, 3.8) is 0 Å². The minimum atomic E-state index is -0.539. The van der Waals surface area contributed by atoms with E-state index in [-0.39, 0.29) is 18.5 Å². The van der Waals surface area contributed by atoms with Gasteiger partial charge in [0.2, 0.25) is 5.91 Å². The fourth-order valence-corrected chi connectivity index (χ4v) is 2.51. The van der Waals surface area contributed by atoms with Crippen molar-refractivity contribution in [2.45, 2.75) is 13.0 Å². The monoisotopic (exact) mass is 311 g/mol. The molecule has 1 atom stereocenters. The van der Waals surface area contributed by atoms with Crippen molar-refractivity contribution < 1.29 is 9.59 Å². The number of hydrogen-bond acceptors (Lipinski definition) is 3. The summed E-state index contributed by atoms with van der Waals surface area (Å²) in [6, 6.07) is 16.5. The summed E-state index contributed by atoms with van der Waals surface area (Å²) in [5, 5.41) is 3.00. The third-order valence-electron chi connectivity index (χ3n) is 3.76. The number of nitrogens with one attached hydrogen (secondary N) is 1. The largest absolute Gasteiger partial charge is 0.387 e. The fourth-order valence-electron chi connectivity index (χ4n) is 2.51. The average molecular weight is 311 g/mol. The van der Waals surface area contributed by atoms with Gasteiger partial charge in [0.1, 0.15) is 6.54 Å². The molecule has 0 fully saturated rings. The Labute approximate surface area is 136 Å². The Hall–Kier alpha value is -2.82. The first-order valence-corrected chi connectivity index (χ1v) is 7.45. The Bertz CT molecular complexity index is 686. The van der Waals surface area contributed by atoms with E-state index in [2.05, 4.69) is 5.32 Å². The maximum atomic E-state index is 13.0. The van der Waals surface area contributed by atoms with E-state index < -0.39 is 5.91 Å². The highest BCUT2D eigenvalue weighted by Gasteiger charge is 2.25. The Morgan fingerprint density at radius 2 is 1.70 bits per heavy atom. The summed E-state index contributed by atoms with van der Waals surface area (Å²) < 4.78 is 0. The summed E-state index contributed by atoms with van der Waals surface area (Å²) in [7, 11) is 1.76. The van der Waals surface area contributed by atoms with Gasteiger partial charge in [-0.2, -0.15) is 0 Å². The van der Waals surface area contributed by atoms with Crippen LogP contribution in [0.3, 0.4) is 0 Å². The second-order valence-corrected chi connectivity index (χ2v) is 5.28. The lowest BCUT2D eigenvalue weighted by Crippen LogP contribution is -2.40. The van der Waals surface area contributed by atoms with Gasteiger partial charge < -0.3 is 16.0 Å². The normalized spacial score (nSPS) is 11.6. The van der Waals surface area contributed by atoms with Gasteiger partial charge in [0.25, 0.3) is 5.91 Å². The maximum Gasteiger partial charge on any atom is 0.256 e. The number of anilines is 1. The van der Waals surface area contributed by atoms with E-state index in [1.807, 2.05) is 49.4 Å². The Morgan fingerprint density at radius 1 is 1.09 bits per heavy atom. The quantitative estimate of drug-likeness (QED) is 0.860. The molecule has 5 nitrogen and oxygen atoms in total. The molecule has 0 aromatic heterocycles. The highest BCUT2D eigenvalue weighted by Crippen LogP contribution is 2.24. The summed E-state index contributed by atoms with van der Waals surface area (Å²) in [4.78, 5) is 25.9. The van der Waals surface area contributed by atoms with E-state index >= 15 is 0 Å². The van der Waals surface area contributed by atoms with Gasteiger partial charge in [0.05, 0.1) is 11.6 Å². The van der Waals surface area contributed by atoms with Crippen molar-refractivity contribution in [3.8, 4) is 0 Å². The number of carbonyl (C=O) groups is 2. The van der Waals surface area contributed by atoms with Crippen LogP contribution in [0, 0.1) is 0 Å². The molecule has 0 bridgehead atoms. The van der Waals surface area contributed by atoms with Crippen molar-refractivity contribution in [2.24, 2.45) is 5.73 Å². The number of nitrogens with zero attached hydrogens (tertiary/aromatic N) is 1. The number of para-hydroxylation sites is 1. The van der Waals surface area contributed by atoms with Crippen LogP contribution >= 0.6 is 0 Å². The lowest BCUT2D eigenvalue weighted by atomic mass is 10.0. The van der Waals surface area contributed by atoms with Gasteiger partial charge in [0.15, 0.2) is 0 Å². The first-order chi connectivity index (χ1) is 11.0. The fraction of sp³-hybridized carbons (Fsp3) is 0.222. The minimum absolute atomic E-state index is 0.132. The molecule has 0 unspecified atom stereocenters. The molecule has 0 saturated carbocycles. The van der Waals surface area contributed by atoms with Crippen LogP contribution in [-0.2, 0) is 4.79 Å². The molecule has 0 spiro atoms. The maximum absolute atomic E-state index is 13.0. The van der Waals surface area contributed by atoms with Crippen molar-refractivity contribution in [3.05, 3.63) is 65.7 Å². The molecule has 23 heavy (non-hydrogen) atoms. The van der Waals surface area contributed by atoms with Gasteiger partial charge in [-0.15, -0.1) is 0 Å². The molecule has 0 aliphatic rings. The minimum Gasteiger partial charge on any atom is -0.387 e. The highest BCUT2D eigenvalue weighted by atomic mass is 16.2. The molecule has 3 N–H and O–H groups in total. The van der Waals surface area contributed by atoms with Gasteiger partial charge in [0, 0.05) is 12.7 Å². The number of rotatable bonds is 6. The number of carbonyl (C=O) groups excluding carboxylic acids is 2. The van der Waals surface area contributed by atoms with Crippen LogP contribution in [0.5, 0.6) is 0 Å². The SMILES string of the molecule is CNc1ccccc1C(=O)N(CC(N)=O)[C@H](C)c1ccccc1. The molecule has 5 heteroatoms. The van der Waals surface area contributed by atoms with Crippen LogP contribution in [-0.4, -0.2) is 30.3 Å².